The van der Waals surface area contributed by atoms with Crippen LogP contribution in [0.5, 0.6) is 0 Å². The number of hydrogen-bond acceptors (Lipinski definition) is 6. The Hall–Kier alpha value is -1.68. The molecule has 2 atom stereocenters. The highest BCUT2D eigenvalue weighted by atomic mass is 32.2. The van der Waals surface area contributed by atoms with Crippen LogP contribution in [0.4, 0.5) is 0 Å². The van der Waals surface area contributed by atoms with Crippen LogP contribution in [0.1, 0.15) is 51.4 Å². The summed E-state index contributed by atoms with van der Waals surface area (Å²) in [6.07, 6.45) is 15.2. The fourth-order valence-electron chi connectivity index (χ4n) is 6.09. The summed E-state index contributed by atoms with van der Waals surface area (Å²) in [5, 5.41) is 9.19. The molecule has 1 saturated carbocycles. The number of nitrogens with one attached hydrogen (secondary N) is 1. The highest BCUT2D eigenvalue weighted by molar-refractivity contribution is 7.91. The van der Waals surface area contributed by atoms with E-state index in [0.29, 0.717) is 25.9 Å². The van der Waals surface area contributed by atoms with E-state index in [1.165, 1.54) is 30.0 Å². The minimum Gasteiger partial charge on any atom is -0.381 e. The van der Waals surface area contributed by atoms with Crippen molar-refractivity contribution in [3.8, 4) is 0 Å². The van der Waals surface area contributed by atoms with E-state index in [0.717, 1.165) is 30.6 Å². The molecule has 0 aromatic rings. The fraction of sp³-hybridized carbons (Fsp3) is 0.720. The van der Waals surface area contributed by atoms with Gasteiger partial charge in [-0.2, -0.15) is 0 Å². The molecule has 3 aliphatic heterocycles. The van der Waals surface area contributed by atoms with E-state index in [1.54, 1.807) is 5.48 Å². The molecule has 0 radical (unpaired) electrons. The van der Waals surface area contributed by atoms with Crippen molar-refractivity contribution in [2.45, 2.75) is 56.1 Å². The van der Waals surface area contributed by atoms with E-state index < -0.39 is 20.7 Å². The molecule has 4 fully saturated rings. The van der Waals surface area contributed by atoms with Gasteiger partial charge in [0.05, 0.1) is 0 Å². The summed E-state index contributed by atoms with van der Waals surface area (Å²) in [6.45, 7) is 7.62. The smallest absolute Gasteiger partial charge is 0.266 e. The Bertz CT molecular complexity index is 888. The van der Waals surface area contributed by atoms with Gasteiger partial charge in [-0.05, 0) is 49.5 Å². The quantitative estimate of drug-likeness (QED) is 0.321. The summed E-state index contributed by atoms with van der Waals surface area (Å²) in [4.78, 5) is 14.8. The first-order chi connectivity index (χ1) is 16.4. The summed E-state index contributed by atoms with van der Waals surface area (Å²) < 4.78 is 31.8. The summed E-state index contributed by atoms with van der Waals surface area (Å²) in [6, 6.07) is 0. The molecule has 0 unspecified atom stereocenters. The second kappa shape index (κ2) is 10.9. The van der Waals surface area contributed by atoms with Crippen LogP contribution in [-0.2, 0) is 19.6 Å². The van der Waals surface area contributed by atoms with Gasteiger partial charge < -0.3 is 9.64 Å². The third kappa shape index (κ3) is 5.12. The van der Waals surface area contributed by atoms with Gasteiger partial charge in [0.1, 0.15) is 0 Å². The Morgan fingerprint density at radius 3 is 2.24 bits per heavy atom. The van der Waals surface area contributed by atoms with Gasteiger partial charge in [-0.15, -0.1) is 0 Å². The van der Waals surface area contributed by atoms with Gasteiger partial charge in [0.25, 0.3) is 5.91 Å². The monoisotopic (exact) mass is 493 g/mol. The van der Waals surface area contributed by atoms with Crippen molar-refractivity contribution < 1.29 is 23.2 Å². The number of sulfonamides is 1. The molecule has 9 heteroatoms. The van der Waals surface area contributed by atoms with Gasteiger partial charge in [0.15, 0.2) is 4.75 Å². The number of carbonyl (C=O) groups excluding carboxylic acids is 1. The maximum atomic E-state index is 13.4. The summed E-state index contributed by atoms with van der Waals surface area (Å²) in [7, 11) is -3.91. The lowest BCUT2D eigenvalue weighted by atomic mass is 9.82. The molecule has 2 N–H and O–H groups in total. The molecule has 0 spiro atoms. The standard InChI is InChI=1S/C25H39N3O5S/c1-20(27-18-22-8-4-5-9-23(22)19-27)6-2-3-7-21-10-14-28(15-11-21)34(31,32)25(24(29)26-30)12-16-33-17-13-25/h2-3,6-7,21-23,30H,1,4-5,8-19H2,(H,26,29)/b6-2+,7-3+/t22-,23+. The van der Waals surface area contributed by atoms with Crippen LogP contribution in [0, 0.1) is 17.8 Å². The topological polar surface area (TPSA) is 99.2 Å². The van der Waals surface area contributed by atoms with Crippen molar-refractivity contribution >= 4 is 15.9 Å². The number of piperidine rings is 1. The predicted octanol–water partition coefficient (Wildman–Crippen LogP) is 2.83. The van der Waals surface area contributed by atoms with Crippen LogP contribution < -0.4 is 5.48 Å². The van der Waals surface area contributed by atoms with Crippen LogP contribution in [-0.4, -0.2) is 72.9 Å². The highest BCUT2D eigenvalue weighted by Crippen LogP contribution is 2.37. The van der Waals surface area contributed by atoms with Gasteiger partial charge >= 0.3 is 0 Å². The van der Waals surface area contributed by atoms with Gasteiger partial charge in [0.2, 0.25) is 10.0 Å². The Labute approximate surface area is 203 Å². The number of hydroxylamine groups is 1. The molecular formula is C25H39N3O5S. The molecule has 8 nitrogen and oxygen atoms in total. The average molecular weight is 494 g/mol. The van der Waals surface area contributed by atoms with Crippen molar-refractivity contribution in [1.82, 2.24) is 14.7 Å². The maximum absolute atomic E-state index is 13.4. The molecule has 34 heavy (non-hydrogen) atoms. The van der Waals surface area contributed by atoms with E-state index in [9.17, 15) is 18.4 Å². The van der Waals surface area contributed by atoms with Gasteiger partial charge in [-0.25, -0.2) is 18.2 Å². The first-order valence-electron chi connectivity index (χ1n) is 12.7. The maximum Gasteiger partial charge on any atom is 0.266 e. The minimum atomic E-state index is -3.91. The van der Waals surface area contributed by atoms with Crippen LogP contribution in [0.15, 0.2) is 36.6 Å². The zero-order valence-corrected chi connectivity index (χ0v) is 20.8. The first-order valence-corrected chi connectivity index (χ1v) is 14.1. The number of allylic oxidation sites excluding steroid dienone is 4. The third-order valence-electron chi connectivity index (χ3n) is 8.31. The number of nitrogens with zero attached hydrogens (tertiary/aromatic N) is 2. The summed E-state index contributed by atoms with van der Waals surface area (Å²) in [5.74, 6) is 1.09. The summed E-state index contributed by atoms with van der Waals surface area (Å²) in [5.41, 5.74) is 2.65. The molecule has 1 amide bonds. The normalized spacial score (nSPS) is 28.9. The van der Waals surface area contributed by atoms with E-state index in [2.05, 4.69) is 23.6 Å². The SMILES string of the molecule is C=C(/C=C/C=C/C1CCN(S(=O)(=O)C2(C(=O)NO)CCOCC2)CC1)N1C[C@H]2CCCC[C@H]2C1. The third-order valence-corrected chi connectivity index (χ3v) is 10.9. The van der Waals surface area contributed by atoms with E-state index in [4.69, 9.17) is 4.74 Å². The van der Waals surface area contributed by atoms with Crippen molar-refractivity contribution in [1.29, 1.82) is 0 Å². The van der Waals surface area contributed by atoms with Crippen LogP contribution >= 0.6 is 0 Å². The number of rotatable bonds is 7. The lowest BCUT2D eigenvalue weighted by molar-refractivity contribution is -0.134. The molecule has 0 aromatic heterocycles. The number of hydrogen-bond donors (Lipinski definition) is 2. The zero-order valence-electron chi connectivity index (χ0n) is 20.0. The second-order valence-corrected chi connectivity index (χ2v) is 12.5. The van der Waals surface area contributed by atoms with Gasteiger partial charge in [-0.1, -0.05) is 37.6 Å². The first kappa shape index (κ1) is 25.4. The largest absolute Gasteiger partial charge is 0.381 e. The number of amides is 1. The zero-order chi connectivity index (χ0) is 24.2. The van der Waals surface area contributed by atoms with E-state index in [-0.39, 0.29) is 32.0 Å². The molecule has 4 rings (SSSR count). The number of fused-ring (bicyclic) bond motifs is 1. The molecule has 0 bridgehead atoms. The second-order valence-electron chi connectivity index (χ2n) is 10.2. The molecule has 190 valence electrons. The van der Waals surface area contributed by atoms with E-state index in [1.807, 2.05) is 12.2 Å². The van der Waals surface area contributed by atoms with Crippen molar-refractivity contribution in [2.75, 3.05) is 39.4 Å². The van der Waals surface area contributed by atoms with Crippen molar-refractivity contribution in [3.05, 3.63) is 36.6 Å². The molecule has 1 aliphatic carbocycles. The predicted molar refractivity (Wildman–Crippen MR) is 130 cm³/mol. The average Bonchev–Trinajstić information content (AvgIpc) is 3.31. The van der Waals surface area contributed by atoms with Crippen LogP contribution in [0.3, 0.4) is 0 Å². The highest BCUT2D eigenvalue weighted by Gasteiger charge is 2.54. The lowest BCUT2D eigenvalue weighted by Crippen LogP contribution is -2.60. The molecule has 3 heterocycles. The summed E-state index contributed by atoms with van der Waals surface area (Å²) >= 11 is 0. The van der Waals surface area contributed by atoms with Gasteiger partial charge in [0, 0.05) is 57.9 Å². The number of ether oxygens (including phenoxy) is 1. The fourth-order valence-corrected chi connectivity index (χ4v) is 8.24. The Balaban J connectivity index is 1.28. The molecule has 0 aromatic carbocycles. The Kier molecular flexibility index (Phi) is 8.17. The lowest BCUT2D eigenvalue weighted by Gasteiger charge is -2.40. The molecule has 3 saturated heterocycles. The van der Waals surface area contributed by atoms with Crippen LogP contribution in [0.25, 0.3) is 0 Å². The van der Waals surface area contributed by atoms with Crippen molar-refractivity contribution in [3.63, 3.8) is 0 Å². The minimum absolute atomic E-state index is 0.0503. The van der Waals surface area contributed by atoms with Crippen LogP contribution in [0.2, 0.25) is 0 Å². The van der Waals surface area contributed by atoms with Crippen molar-refractivity contribution in [2.24, 2.45) is 17.8 Å². The number of carbonyl (C=O) groups is 1. The molecular weight excluding hydrogens is 454 g/mol. The van der Waals surface area contributed by atoms with E-state index >= 15 is 0 Å². The number of likely N-dealkylation sites (tertiary alicyclic amines) is 1. The Morgan fingerprint density at radius 1 is 1.03 bits per heavy atom. The van der Waals surface area contributed by atoms with Gasteiger partial charge in [-0.3, -0.25) is 10.0 Å². The Morgan fingerprint density at radius 2 is 1.65 bits per heavy atom. The molecule has 4 aliphatic rings.